The van der Waals surface area contributed by atoms with Crippen LogP contribution in [0.2, 0.25) is 0 Å². The van der Waals surface area contributed by atoms with Crippen molar-refractivity contribution >= 4 is 5.78 Å². The van der Waals surface area contributed by atoms with Gasteiger partial charge in [-0.15, -0.1) is 0 Å². The molecule has 0 unspecified atom stereocenters. The normalized spacial score (nSPS) is 14.9. The van der Waals surface area contributed by atoms with Gasteiger partial charge in [0.1, 0.15) is 0 Å². The topological polar surface area (TPSA) is 62.0 Å². The van der Waals surface area contributed by atoms with Gasteiger partial charge in [0.25, 0.3) is 5.56 Å². The summed E-state index contributed by atoms with van der Waals surface area (Å²) in [5, 5.41) is 3.16. The second-order valence-electron chi connectivity index (χ2n) is 3.50. The molecule has 0 spiro atoms. The molecule has 4 heteroatoms. The number of pyridine rings is 1. The predicted molar refractivity (Wildman–Crippen MR) is 52.5 cm³/mol. The number of carbonyl (C=O) groups is 1. The maximum Gasteiger partial charge on any atom is 0.259 e. The average Bonchev–Trinajstić information content (AvgIpc) is 2.16. The minimum absolute atomic E-state index is 0.174. The molecule has 0 aromatic carbocycles. The summed E-state index contributed by atoms with van der Waals surface area (Å²) < 4.78 is 0. The molecule has 0 aliphatic carbocycles. The van der Waals surface area contributed by atoms with Crippen molar-refractivity contribution in [1.29, 1.82) is 0 Å². The average molecular weight is 192 g/mol. The maximum absolute atomic E-state index is 11.4. The summed E-state index contributed by atoms with van der Waals surface area (Å²) in [7, 11) is 0. The molecule has 0 fully saturated rings. The molecule has 0 bridgehead atoms. The summed E-state index contributed by atoms with van der Waals surface area (Å²) in [6.45, 7) is 3.00. The number of hydrogen-bond donors (Lipinski definition) is 2. The van der Waals surface area contributed by atoms with E-state index in [0.717, 1.165) is 24.2 Å². The van der Waals surface area contributed by atoms with E-state index >= 15 is 0 Å². The van der Waals surface area contributed by atoms with Crippen LogP contribution in [0.25, 0.3) is 0 Å². The lowest BCUT2D eigenvalue weighted by Crippen LogP contribution is -2.29. The molecule has 2 heterocycles. The Balaban J connectivity index is 2.56. The molecule has 0 amide bonds. The quantitative estimate of drug-likeness (QED) is 0.626. The minimum atomic E-state index is -0.278. The second kappa shape index (κ2) is 3.38. The van der Waals surface area contributed by atoms with E-state index in [0.29, 0.717) is 6.54 Å². The van der Waals surface area contributed by atoms with Gasteiger partial charge in [-0.25, -0.2) is 0 Å². The van der Waals surface area contributed by atoms with Crippen molar-refractivity contribution in [3.05, 3.63) is 33.2 Å². The molecule has 1 aromatic rings. The smallest absolute Gasteiger partial charge is 0.259 e. The van der Waals surface area contributed by atoms with E-state index < -0.39 is 0 Å². The van der Waals surface area contributed by atoms with Crippen LogP contribution >= 0.6 is 0 Å². The lowest BCUT2D eigenvalue weighted by atomic mass is 10.0. The van der Waals surface area contributed by atoms with Gasteiger partial charge in [-0.2, -0.15) is 0 Å². The Labute approximate surface area is 81.3 Å². The van der Waals surface area contributed by atoms with E-state index in [1.807, 2.05) is 0 Å². The summed E-state index contributed by atoms with van der Waals surface area (Å²) in [5.41, 5.74) is 1.98. The molecule has 1 aliphatic heterocycles. The zero-order valence-electron chi connectivity index (χ0n) is 8.02. The Bertz CT molecular complexity index is 434. The van der Waals surface area contributed by atoms with Gasteiger partial charge in [0, 0.05) is 12.2 Å². The number of ketones is 1. The van der Waals surface area contributed by atoms with E-state index in [-0.39, 0.29) is 16.9 Å². The van der Waals surface area contributed by atoms with Gasteiger partial charge >= 0.3 is 0 Å². The Kier molecular flexibility index (Phi) is 2.21. The number of Topliss-reactive ketones (excluding diaryl/α,β-unsaturated/α-hetero) is 1. The van der Waals surface area contributed by atoms with Crippen LogP contribution < -0.4 is 10.9 Å². The number of carbonyl (C=O) groups excluding carboxylic acids is 1. The van der Waals surface area contributed by atoms with Gasteiger partial charge in [0.05, 0.1) is 5.56 Å². The minimum Gasteiger partial charge on any atom is -0.324 e. The Morgan fingerprint density at radius 3 is 3.00 bits per heavy atom. The fraction of sp³-hybridized carbons (Fsp3) is 0.400. The first-order valence-corrected chi connectivity index (χ1v) is 4.65. The van der Waals surface area contributed by atoms with Crippen LogP contribution in [0, 0.1) is 0 Å². The van der Waals surface area contributed by atoms with Crippen molar-refractivity contribution < 1.29 is 4.79 Å². The third-order valence-corrected chi connectivity index (χ3v) is 2.47. The van der Waals surface area contributed by atoms with Crippen molar-refractivity contribution in [1.82, 2.24) is 10.3 Å². The number of aromatic nitrogens is 1. The zero-order valence-corrected chi connectivity index (χ0v) is 8.02. The lowest BCUT2D eigenvalue weighted by molar-refractivity contribution is 0.101. The van der Waals surface area contributed by atoms with Gasteiger partial charge in [-0.05, 0) is 31.5 Å². The van der Waals surface area contributed by atoms with E-state index in [2.05, 4.69) is 10.3 Å². The second-order valence-corrected chi connectivity index (χ2v) is 3.50. The predicted octanol–water partition coefficient (Wildman–Crippen LogP) is 0.223. The van der Waals surface area contributed by atoms with Crippen LogP contribution in [0.5, 0.6) is 0 Å². The van der Waals surface area contributed by atoms with Crippen LogP contribution in [0.4, 0.5) is 0 Å². The van der Waals surface area contributed by atoms with Crippen LogP contribution in [0.1, 0.15) is 28.5 Å². The molecule has 1 aromatic heterocycles. The van der Waals surface area contributed by atoms with E-state index in [4.69, 9.17) is 0 Å². The highest BCUT2D eigenvalue weighted by molar-refractivity contribution is 5.93. The molecule has 74 valence electrons. The van der Waals surface area contributed by atoms with Crippen molar-refractivity contribution in [3.63, 3.8) is 0 Å². The number of rotatable bonds is 1. The molecule has 0 saturated heterocycles. The number of nitrogens with one attached hydrogen (secondary N) is 2. The first-order chi connectivity index (χ1) is 6.68. The Hall–Kier alpha value is -1.42. The van der Waals surface area contributed by atoms with Crippen molar-refractivity contribution in [2.75, 3.05) is 6.54 Å². The van der Waals surface area contributed by atoms with Gasteiger partial charge in [0.2, 0.25) is 0 Å². The maximum atomic E-state index is 11.4. The standard InChI is InChI=1S/C10H12N2O2/c1-6(13)8-4-7-2-3-11-5-9(7)12-10(8)14/h4,11H,2-3,5H2,1H3,(H,12,14). The summed E-state index contributed by atoms with van der Waals surface area (Å²) >= 11 is 0. The fourth-order valence-electron chi connectivity index (χ4n) is 1.69. The largest absolute Gasteiger partial charge is 0.324 e. The number of aromatic amines is 1. The van der Waals surface area contributed by atoms with Crippen LogP contribution in [-0.2, 0) is 13.0 Å². The molecule has 2 rings (SSSR count). The first kappa shape index (κ1) is 9.15. The fourth-order valence-corrected chi connectivity index (χ4v) is 1.69. The number of hydrogen-bond acceptors (Lipinski definition) is 3. The van der Waals surface area contributed by atoms with E-state index in [1.165, 1.54) is 6.92 Å². The molecule has 0 atom stereocenters. The zero-order chi connectivity index (χ0) is 10.1. The number of H-pyrrole nitrogens is 1. The molecular weight excluding hydrogens is 180 g/mol. The molecule has 14 heavy (non-hydrogen) atoms. The first-order valence-electron chi connectivity index (χ1n) is 4.65. The van der Waals surface area contributed by atoms with Crippen LogP contribution in [-0.4, -0.2) is 17.3 Å². The molecular formula is C10H12N2O2. The Morgan fingerprint density at radius 1 is 1.50 bits per heavy atom. The van der Waals surface area contributed by atoms with Crippen LogP contribution in [0.15, 0.2) is 10.9 Å². The molecule has 2 N–H and O–H groups in total. The summed E-state index contributed by atoms with van der Waals surface area (Å²) in [6.07, 6.45) is 0.867. The summed E-state index contributed by atoms with van der Waals surface area (Å²) in [6, 6.07) is 1.72. The van der Waals surface area contributed by atoms with Crippen molar-refractivity contribution in [2.24, 2.45) is 0 Å². The van der Waals surface area contributed by atoms with Crippen molar-refractivity contribution in [2.45, 2.75) is 19.9 Å². The van der Waals surface area contributed by atoms with E-state index in [1.54, 1.807) is 6.07 Å². The molecule has 0 radical (unpaired) electrons. The van der Waals surface area contributed by atoms with Gasteiger partial charge in [-0.3, -0.25) is 9.59 Å². The summed E-state index contributed by atoms with van der Waals surface area (Å²) in [4.78, 5) is 25.3. The van der Waals surface area contributed by atoms with Crippen molar-refractivity contribution in [3.8, 4) is 0 Å². The van der Waals surface area contributed by atoms with E-state index in [9.17, 15) is 9.59 Å². The highest BCUT2D eigenvalue weighted by atomic mass is 16.1. The van der Waals surface area contributed by atoms with Gasteiger partial charge in [0.15, 0.2) is 5.78 Å². The summed E-state index contributed by atoms with van der Waals surface area (Å²) in [5.74, 6) is -0.174. The van der Waals surface area contributed by atoms with Gasteiger partial charge < -0.3 is 10.3 Å². The third kappa shape index (κ3) is 1.48. The third-order valence-electron chi connectivity index (χ3n) is 2.47. The highest BCUT2D eigenvalue weighted by Gasteiger charge is 2.13. The lowest BCUT2D eigenvalue weighted by Gasteiger charge is -2.16. The highest BCUT2D eigenvalue weighted by Crippen LogP contribution is 2.10. The number of fused-ring (bicyclic) bond motifs is 1. The molecule has 4 nitrogen and oxygen atoms in total. The molecule has 0 saturated carbocycles. The Morgan fingerprint density at radius 2 is 2.29 bits per heavy atom. The molecule has 1 aliphatic rings. The monoisotopic (exact) mass is 192 g/mol. The van der Waals surface area contributed by atoms with Gasteiger partial charge in [-0.1, -0.05) is 0 Å². The SMILES string of the molecule is CC(=O)c1cc2c([nH]c1=O)CNCC2. The van der Waals surface area contributed by atoms with Crippen LogP contribution in [0.3, 0.4) is 0 Å².